The molecule has 3 rings (SSSR count). The van der Waals surface area contributed by atoms with E-state index in [1.807, 2.05) is 24.3 Å². The molecule has 0 radical (unpaired) electrons. The van der Waals surface area contributed by atoms with E-state index in [2.05, 4.69) is 0 Å². The lowest BCUT2D eigenvalue weighted by molar-refractivity contribution is -0.917. The summed E-state index contributed by atoms with van der Waals surface area (Å²) in [4.78, 5) is 26.3. The standard InChI is InChI=1S/C18H17Cl2N3O3/c19-14-3-1-2-13(10-14)12-21-6-8-22(9-7-21)18(24)16-11-15(20)4-5-17(16)23(25)26/h1-5,10-11H,6-9,12H2/p+1. The van der Waals surface area contributed by atoms with Gasteiger partial charge in [-0.2, -0.15) is 0 Å². The minimum atomic E-state index is -0.551. The molecule has 1 aliphatic rings. The highest BCUT2D eigenvalue weighted by atomic mass is 35.5. The van der Waals surface area contributed by atoms with Crippen LogP contribution in [0.4, 0.5) is 5.69 Å². The van der Waals surface area contributed by atoms with Gasteiger partial charge in [-0.15, -0.1) is 0 Å². The Bertz CT molecular complexity index is 836. The first-order valence-electron chi connectivity index (χ1n) is 8.25. The molecular weight excluding hydrogens is 377 g/mol. The summed E-state index contributed by atoms with van der Waals surface area (Å²) in [5.74, 6) is -0.346. The highest BCUT2D eigenvalue weighted by molar-refractivity contribution is 6.31. The Morgan fingerprint density at radius 1 is 1.12 bits per heavy atom. The van der Waals surface area contributed by atoms with Gasteiger partial charge < -0.3 is 9.80 Å². The maximum atomic E-state index is 12.7. The topological polar surface area (TPSA) is 67.9 Å². The summed E-state index contributed by atoms with van der Waals surface area (Å²) in [5, 5.41) is 12.2. The summed E-state index contributed by atoms with van der Waals surface area (Å²) in [6, 6.07) is 11.8. The molecule has 0 saturated carbocycles. The van der Waals surface area contributed by atoms with Crippen LogP contribution < -0.4 is 4.90 Å². The molecular formula is C18H18Cl2N3O3+. The lowest BCUT2D eigenvalue weighted by atomic mass is 10.1. The average Bonchev–Trinajstić information content (AvgIpc) is 2.61. The van der Waals surface area contributed by atoms with Crippen molar-refractivity contribution in [3.05, 3.63) is 73.8 Å². The highest BCUT2D eigenvalue weighted by Crippen LogP contribution is 2.24. The van der Waals surface area contributed by atoms with Gasteiger partial charge in [0.15, 0.2) is 0 Å². The van der Waals surface area contributed by atoms with Crippen LogP contribution in [-0.4, -0.2) is 41.9 Å². The summed E-state index contributed by atoms with van der Waals surface area (Å²) in [5.41, 5.74) is 0.978. The van der Waals surface area contributed by atoms with Gasteiger partial charge >= 0.3 is 0 Å². The summed E-state index contributed by atoms with van der Waals surface area (Å²) < 4.78 is 0. The molecule has 2 aromatic rings. The van der Waals surface area contributed by atoms with Gasteiger partial charge in [0.2, 0.25) is 0 Å². The van der Waals surface area contributed by atoms with Crippen LogP contribution in [0.15, 0.2) is 42.5 Å². The van der Waals surface area contributed by atoms with Crippen molar-refractivity contribution in [2.24, 2.45) is 0 Å². The zero-order valence-electron chi connectivity index (χ0n) is 14.0. The second-order valence-electron chi connectivity index (χ2n) is 6.27. The van der Waals surface area contributed by atoms with Crippen LogP contribution in [0.2, 0.25) is 10.0 Å². The number of nitro benzene ring substituents is 1. The molecule has 0 spiro atoms. The van der Waals surface area contributed by atoms with Crippen molar-refractivity contribution in [3.63, 3.8) is 0 Å². The number of benzene rings is 2. The molecule has 8 heteroatoms. The number of carbonyl (C=O) groups excluding carboxylic acids is 1. The van der Waals surface area contributed by atoms with E-state index in [1.54, 1.807) is 4.90 Å². The number of carbonyl (C=O) groups is 1. The average molecular weight is 395 g/mol. The van der Waals surface area contributed by atoms with E-state index in [-0.39, 0.29) is 17.2 Å². The first-order chi connectivity index (χ1) is 12.4. The molecule has 1 fully saturated rings. The number of nitro groups is 1. The third-order valence-electron chi connectivity index (χ3n) is 4.49. The van der Waals surface area contributed by atoms with Crippen molar-refractivity contribution >= 4 is 34.8 Å². The minimum Gasteiger partial charge on any atom is -0.328 e. The van der Waals surface area contributed by atoms with Gasteiger partial charge in [0.1, 0.15) is 12.1 Å². The molecule has 1 amide bonds. The summed E-state index contributed by atoms with van der Waals surface area (Å²) in [6.07, 6.45) is 0. The first-order valence-corrected chi connectivity index (χ1v) is 9.01. The Balaban J connectivity index is 1.66. The molecule has 1 saturated heterocycles. The molecule has 1 heterocycles. The molecule has 0 bridgehead atoms. The van der Waals surface area contributed by atoms with Crippen molar-refractivity contribution < 1.29 is 14.6 Å². The lowest BCUT2D eigenvalue weighted by Crippen LogP contribution is -3.13. The van der Waals surface area contributed by atoms with Gasteiger partial charge in [-0.1, -0.05) is 35.3 Å². The van der Waals surface area contributed by atoms with E-state index in [9.17, 15) is 14.9 Å². The summed E-state index contributed by atoms with van der Waals surface area (Å²) in [6.45, 7) is 3.45. The van der Waals surface area contributed by atoms with Crippen molar-refractivity contribution in [3.8, 4) is 0 Å². The second-order valence-corrected chi connectivity index (χ2v) is 7.14. The fraction of sp³-hybridized carbons (Fsp3) is 0.278. The Morgan fingerprint density at radius 3 is 2.46 bits per heavy atom. The quantitative estimate of drug-likeness (QED) is 0.639. The zero-order chi connectivity index (χ0) is 18.7. The van der Waals surface area contributed by atoms with Gasteiger partial charge in [-0.25, -0.2) is 0 Å². The van der Waals surface area contributed by atoms with Crippen LogP contribution in [-0.2, 0) is 6.54 Å². The van der Waals surface area contributed by atoms with Crippen LogP contribution in [0.3, 0.4) is 0 Å². The highest BCUT2D eigenvalue weighted by Gasteiger charge is 2.29. The number of rotatable bonds is 4. The van der Waals surface area contributed by atoms with Crippen LogP contribution in [0.1, 0.15) is 15.9 Å². The third kappa shape index (κ3) is 4.33. The van der Waals surface area contributed by atoms with E-state index in [1.165, 1.54) is 23.1 Å². The van der Waals surface area contributed by atoms with Crippen LogP contribution >= 0.6 is 23.2 Å². The molecule has 0 aliphatic carbocycles. The first kappa shape index (κ1) is 18.6. The molecule has 0 unspecified atom stereocenters. The van der Waals surface area contributed by atoms with Gasteiger partial charge in [0.05, 0.1) is 31.1 Å². The maximum Gasteiger partial charge on any atom is 0.282 e. The number of nitrogens with zero attached hydrogens (tertiary/aromatic N) is 2. The number of quaternary nitrogens is 1. The molecule has 136 valence electrons. The molecule has 6 nitrogen and oxygen atoms in total. The SMILES string of the molecule is O=C(c1cc(Cl)ccc1[N+](=O)[O-])N1CC[NH+](Cc2cccc(Cl)c2)CC1. The Hall–Kier alpha value is -2.15. The molecule has 26 heavy (non-hydrogen) atoms. The largest absolute Gasteiger partial charge is 0.328 e. The van der Waals surface area contributed by atoms with Gasteiger partial charge in [-0.05, 0) is 24.3 Å². The summed E-state index contributed by atoms with van der Waals surface area (Å²) >= 11 is 11.9. The van der Waals surface area contributed by atoms with E-state index >= 15 is 0 Å². The van der Waals surface area contributed by atoms with Crippen molar-refractivity contribution in [1.29, 1.82) is 0 Å². The van der Waals surface area contributed by atoms with Gasteiger partial charge in [0, 0.05) is 21.7 Å². The number of piperazine rings is 1. The smallest absolute Gasteiger partial charge is 0.282 e. The molecule has 1 N–H and O–H groups in total. The summed E-state index contributed by atoms with van der Waals surface area (Å²) in [7, 11) is 0. The van der Waals surface area contributed by atoms with Crippen molar-refractivity contribution in [1.82, 2.24) is 4.90 Å². The zero-order valence-corrected chi connectivity index (χ0v) is 15.5. The maximum absolute atomic E-state index is 12.7. The molecule has 0 atom stereocenters. The van der Waals surface area contributed by atoms with Crippen LogP contribution in [0.25, 0.3) is 0 Å². The lowest BCUT2D eigenvalue weighted by Gasteiger charge is -2.32. The predicted octanol–water partition coefficient (Wildman–Crippen LogP) is 2.44. The molecule has 2 aromatic carbocycles. The monoisotopic (exact) mass is 394 g/mol. The van der Waals surface area contributed by atoms with E-state index < -0.39 is 4.92 Å². The fourth-order valence-electron chi connectivity index (χ4n) is 3.15. The van der Waals surface area contributed by atoms with E-state index in [0.29, 0.717) is 23.1 Å². The number of nitrogens with one attached hydrogen (secondary N) is 1. The van der Waals surface area contributed by atoms with E-state index in [4.69, 9.17) is 23.2 Å². The Labute approximate surface area is 161 Å². The Kier molecular flexibility index (Phi) is 5.76. The predicted molar refractivity (Wildman–Crippen MR) is 99.9 cm³/mol. The number of halogens is 2. The van der Waals surface area contributed by atoms with Gasteiger partial charge in [0.25, 0.3) is 11.6 Å². The molecule has 0 aromatic heterocycles. The fourth-order valence-corrected chi connectivity index (χ4v) is 3.53. The normalized spacial score (nSPS) is 15.1. The van der Waals surface area contributed by atoms with Gasteiger partial charge in [-0.3, -0.25) is 14.9 Å². The van der Waals surface area contributed by atoms with Crippen LogP contribution in [0, 0.1) is 10.1 Å². The van der Waals surface area contributed by atoms with E-state index in [0.717, 1.165) is 25.2 Å². The number of hydrogen-bond acceptors (Lipinski definition) is 3. The Morgan fingerprint density at radius 2 is 1.81 bits per heavy atom. The molecule has 1 aliphatic heterocycles. The third-order valence-corrected chi connectivity index (χ3v) is 4.96. The second kappa shape index (κ2) is 8.03. The van der Waals surface area contributed by atoms with Crippen molar-refractivity contribution in [2.45, 2.75) is 6.54 Å². The van der Waals surface area contributed by atoms with Crippen LogP contribution in [0.5, 0.6) is 0 Å². The number of amides is 1. The number of hydrogen-bond donors (Lipinski definition) is 1. The van der Waals surface area contributed by atoms with Crippen molar-refractivity contribution in [2.75, 3.05) is 26.2 Å². The minimum absolute atomic E-state index is 0.0424.